The molecule has 0 aliphatic carbocycles. The highest BCUT2D eigenvalue weighted by Crippen LogP contribution is 2.14. The molecule has 0 saturated heterocycles. The van der Waals surface area contributed by atoms with Crippen LogP contribution in [0.3, 0.4) is 0 Å². The van der Waals surface area contributed by atoms with Gasteiger partial charge in [-0.1, -0.05) is 11.6 Å². The molecule has 0 amide bonds. The fourth-order valence-corrected chi connectivity index (χ4v) is 1.76. The molecule has 0 atom stereocenters. The molecule has 0 aromatic heterocycles. The van der Waals surface area contributed by atoms with Crippen molar-refractivity contribution in [2.45, 2.75) is 6.42 Å². The minimum absolute atomic E-state index is 0.0839. The first-order valence-corrected chi connectivity index (χ1v) is 6.05. The molecule has 2 rings (SSSR count). The van der Waals surface area contributed by atoms with Crippen molar-refractivity contribution >= 4 is 23.2 Å². The summed E-state index contributed by atoms with van der Waals surface area (Å²) < 4.78 is 0. The third-order valence-electron chi connectivity index (χ3n) is 2.68. The third-order valence-corrected chi connectivity index (χ3v) is 2.93. The lowest BCUT2D eigenvalue weighted by molar-refractivity contribution is 0.0894. The van der Waals surface area contributed by atoms with Crippen LogP contribution in [0.1, 0.15) is 27.1 Å². The van der Waals surface area contributed by atoms with E-state index in [1.165, 1.54) is 24.3 Å². The minimum Gasteiger partial charge on any atom is -0.508 e. The van der Waals surface area contributed by atoms with E-state index in [4.69, 9.17) is 16.7 Å². The zero-order valence-corrected chi connectivity index (χ0v) is 10.7. The molecule has 0 radical (unpaired) electrons. The van der Waals surface area contributed by atoms with Crippen molar-refractivity contribution in [3.63, 3.8) is 0 Å². The highest BCUT2D eigenvalue weighted by molar-refractivity contribution is 6.30. The van der Waals surface area contributed by atoms with Gasteiger partial charge in [-0.2, -0.15) is 0 Å². The van der Waals surface area contributed by atoms with E-state index < -0.39 is 0 Å². The summed E-state index contributed by atoms with van der Waals surface area (Å²) in [6.07, 6.45) is -0.202. The van der Waals surface area contributed by atoms with Gasteiger partial charge < -0.3 is 5.11 Å². The number of phenolic OH excluding ortho intramolecular Hbond substituents is 1. The van der Waals surface area contributed by atoms with Gasteiger partial charge in [-0.05, 0) is 48.5 Å². The van der Waals surface area contributed by atoms with Gasteiger partial charge in [-0.25, -0.2) is 0 Å². The molecule has 2 aromatic rings. The zero-order chi connectivity index (χ0) is 13.8. The van der Waals surface area contributed by atoms with Crippen LogP contribution in [0.15, 0.2) is 48.5 Å². The van der Waals surface area contributed by atoms with Crippen molar-refractivity contribution < 1.29 is 14.7 Å². The SMILES string of the molecule is O=C(CC(=O)c1ccc(Cl)cc1)c1ccc(O)cc1. The number of ketones is 2. The summed E-state index contributed by atoms with van der Waals surface area (Å²) in [5.41, 5.74) is 0.858. The molecule has 96 valence electrons. The van der Waals surface area contributed by atoms with E-state index in [1.54, 1.807) is 24.3 Å². The predicted molar refractivity (Wildman–Crippen MR) is 72.8 cm³/mol. The van der Waals surface area contributed by atoms with Gasteiger partial charge in [0, 0.05) is 16.1 Å². The van der Waals surface area contributed by atoms with Gasteiger partial charge in [0.25, 0.3) is 0 Å². The van der Waals surface area contributed by atoms with Crippen molar-refractivity contribution in [1.29, 1.82) is 0 Å². The van der Waals surface area contributed by atoms with Crippen LogP contribution >= 0.6 is 11.6 Å². The van der Waals surface area contributed by atoms with Crippen molar-refractivity contribution in [2.24, 2.45) is 0 Å². The molecule has 0 aliphatic heterocycles. The minimum atomic E-state index is -0.278. The summed E-state index contributed by atoms with van der Waals surface area (Å²) in [4.78, 5) is 23.8. The van der Waals surface area contributed by atoms with Gasteiger partial charge in [0.05, 0.1) is 6.42 Å². The van der Waals surface area contributed by atoms with Gasteiger partial charge in [0.2, 0.25) is 0 Å². The van der Waals surface area contributed by atoms with Gasteiger partial charge >= 0.3 is 0 Å². The Bertz CT molecular complexity index is 545. The van der Waals surface area contributed by atoms with E-state index in [0.29, 0.717) is 16.1 Å². The molecule has 0 unspecified atom stereocenters. The lowest BCUT2D eigenvalue weighted by atomic mass is 10.0. The fraction of sp³-hybridized carbons (Fsp3) is 0.0667. The molecule has 0 bridgehead atoms. The summed E-state index contributed by atoms with van der Waals surface area (Å²) in [6, 6.07) is 12.2. The highest BCUT2D eigenvalue weighted by Gasteiger charge is 2.13. The molecule has 1 N–H and O–H groups in total. The standard InChI is InChI=1S/C15H11ClO3/c16-12-5-1-10(2-6-12)14(18)9-15(19)11-3-7-13(17)8-4-11/h1-8,17H,9H2. The summed E-state index contributed by atoms with van der Waals surface area (Å²) in [7, 11) is 0. The smallest absolute Gasteiger partial charge is 0.170 e. The maximum Gasteiger partial charge on any atom is 0.170 e. The number of carbonyl (C=O) groups excluding carboxylic acids is 2. The average Bonchev–Trinajstić information content (AvgIpc) is 2.40. The molecule has 0 fully saturated rings. The fourth-order valence-electron chi connectivity index (χ4n) is 1.63. The van der Waals surface area contributed by atoms with Crippen molar-refractivity contribution in [1.82, 2.24) is 0 Å². The van der Waals surface area contributed by atoms with E-state index in [0.717, 1.165) is 0 Å². The maximum absolute atomic E-state index is 11.9. The van der Waals surface area contributed by atoms with Crippen LogP contribution in [0, 0.1) is 0 Å². The third kappa shape index (κ3) is 3.42. The summed E-state index contributed by atoms with van der Waals surface area (Å²) in [5, 5.41) is 9.68. The number of benzene rings is 2. The lowest BCUT2D eigenvalue weighted by Crippen LogP contribution is -2.08. The second-order valence-corrected chi connectivity index (χ2v) is 4.51. The van der Waals surface area contributed by atoms with Crippen LogP contribution in [0.4, 0.5) is 0 Å². The molecule has 0 spiro atoms. The Morgan fingerprint density at radius 1 is 0.842 bits per heavy atom. The quantitative estimate of drug-likeness (QED) is 0.686. The Balaban J connectivity index is 2.08. The molecule has 0 saturated carbocycles. The van der Waals surface area contributed by atoms with Crippen LogP contribution < -0.4 is 0 Å². The van der Waals surface area contributed by atoms with E-state index >= 15 is 0 Å². The molecule has 4 heteroatoms. The summed E-state index contributed by atoms with van der Waals surface area (Å²) in [6.45, 7) is 0. The summed E-state index contributed by atoms with van der Waals surface area (Å²) >= 11 is 5.73. The maximum atomic E-state index is 11.9. The second-order valence-electron chi connectivity index (χ2n) is 4.08. The number of phenols is 1. The number of hydrogen-bond acceptors (Lipinski definition) is 3. The van der Waals surface area contributed by atoms with Crippen LogP contribution in [0.25, 0.3) is 0 Å². The predicted octanol–water partition coefficient (Wildman–Crippen LogP) is 3.50. The second kappa shape index (κ2) is 5.67. The number of hydrogen-bond donors (Lipinski definition) is 1. The van der Waals surface area contributed by atoms with Crippen LogP contribution in [0.2, 0.25) is 5.02 Å². The van der Waals surface area contributed by atoms with Crippen LogP contribution in [-0.4, -0.2) is 16.7 Å². The van der Waals surface area contributed by atoms with Gasteiger partial charge in [0.15, 0.2) is 11.6 Å². The Kier molecular flexibility index (Phi) is 3.97. The van der Waals surface area contributed by atoms with Gasteiger partial charge in [0.1, 0.15) is 5.75 Å². The Morgan fingerprint density at radius 2 is 1.26 bits per heavy atom. The van der Waals surface area contributed by atoms with Crippen LogP contribution in [-0.2, 0) is 0 Å². The number of Topliss-reactive ketones (excluding diaryl/α,β-unsaturated/α-hetero) is 2. The van der Waals surface area contributed by atoms with E-state index in [1.807, 2.05) is 0 Å². The molecular formula is C15H11ClO3. The van der Waals surface area contributed by atoms with Crippen molar-refractivity contribution in [2.75, 3.05) is 0 Å². The topological polar surface area (TPSA) is 54.4 Å². The largest absolute Gasteiger partial charge is 0.508 e. The number of halogens is 1. The first-order chi connectivity index (χ1) is 9.06. The van der Waals surface area contributed by atoms with E-state index in [2.05, 4.69) is 0 Å². The van der Waals surface area contributed by atoms with E-state index in [9.17, 15) is 9.59 Å². The lowest BCUT2D eigenvalue weighted by Gasteiger charge is -2.02. The molecule has 2 aromatic carbocycles. The molecule has 0 aliphatic rings. The molecular weight excluding hydrogens is 264 g/mol. The highest BCUT2D eigenvalue weighted by atomic mass is 35.5. The molecule has 3 nitrogen and oxygen atoms in total. The Labute approximate surface area is 115 Å². The Hall–Kier alpha value is -2.13. The van der Waals surface area contributed by atoms with Gasteiger partial charge in [-0.15, -0.1) is 0 Å². The zero-order valence-electron chi connectivity index (χ0n) is 9.97. The monoisotopic (exact) mass is 274 g/mol. The first kappa shape index (κ1) is 13.3. The Morgan fingerprint density at radius 3 is 1.74 bits per heavy atom. The van der Waals surface area contributed by atoms with Crippen LogP contribution in [0.5, 0.6) is 5.75 Å². The number of rotatable bonds is 4. The average molecular weight is 275 g/mol. The molecule has 0 heterocycles. The first-order valence-electron chi connectivity index (χ1n) is 5.67. The van der Waals surface area contributed by atoms with Gasteiger partial charge in [-0.3, -0.25) is 9.59 Å². The van der Waals surface area contributed by atoms with E-state index in [-0.39, 0.29) is 23.7 Å². The van der Waals surface area contributed by atoms with Crippen molar-refractivity contribution in [3.05, 3.63) is 64.7 Å². The number of carbonyl (C=O) groups is 2. The molecule has 19 heavy (non-hydrogen) atoms. The summed E-state index contributed by atoms with van der Waals surface area (Å²) in [5.74, 6) is -0.449. The number of aromatic hydroxyl groups is 1. The van der Waals surface area contributed by atoms with Crippen molar-refractivity contribution in [3.8, 4) is 5.75 Å². The normalized spacial score (nSPS) is 10.2.